The highest BCUT2D eigenvalue weighted by atomic mass is 32.1. The van der Waals surface area contributed by atoms with E-state index in [2.05, 4.69) is 5.32 Å². The van der Waals surface area contributed by atoms with Crippen molar-refractivity contribution >= 4 is 28.6 Å². The fourth-order valence-corrected chi connectivity index (χ4v) is 3.77. The highest BCUT2D eigenvalue weighted by Gasteiger charge is 2.19. The molecule has 0 radical (unpaired) electrons. The number of carbonyl (C=O) groups excluding carboxylic acids is 1. The molecule has 4 heteroatoms. The second kappa shape index (κ2) is 4.94. The normalized spacial score (nSPS) is 13.3. The van der Waals surface area contributed by atoms with Crippen LogP contribution in [0.4, 0.5) is 11.4 Å². The maximum Gasteiger partial charge on any atom is 0.265 e. The molecule has 0 fully saturated rings. The van der Waals surface area contributed by atoms with E-state index in [1.165, 1.54) is 16.9 Å². The molecule has 3 nitrogen and oxygen atoms in total. The van der Waals surface area contributed by atoms with Gasteiger partial charge < -0.3 is 11.1 Å². The third-order valence-electron chi connectivity index (χ3n) is 3.98. The van der Waals surface area contributed by atoms with Gasteiger partial charge in [-0.25, -0.2) is 0 Å². The summed E-state index contributed by atoms with van der Waals surface area (Å²) in [6.07, 6.45) is 3.43. The molecule has 0 aliphatic heterocycles. The van der Waals surface area contributed by atoms with E-state index in [1.807, 2.05) is 32.0 Å². The van der Waals surface area contributed by atoms with Crippen LogP contribution in [0.5, 0.6) is 0 Å². The van der Waals surface area contributed by atoms with E-state index in [9.17, 15) is 4.79 Å². The number of aryl methyl sites for hydroxylation is 3. The van der Waals surface area contributed by atoms with Gasteiger partial charge in [0.1, 0.15) is 0 Å². The zero-order valence-corrected chi connectivity index (χ0v) is 12.6. The lowest BCUT2D eigenvalue weighted by Gasteiger charge is -2.12. The van der Waals surface area contributed by atoms with Gasteiger partial charge in [0.2, 0.25) is 0 Å². The molecule has 1 heterocycles. The summed E-state index contributed by atoms with van der Waals surface area (Å²) in [5, 5.41) is 2.97. The van der Waals surface area contributed by atoms with Gasteiger partial charge in [0, 0.05) is 4.88 Å². The smallest absolute Gasteiger partial charge is 0.265 e. The van der Waals surface area contributed by atoms with Crippen LogP contribution in [0.1, 0.15) is 37.7 Å². The lowest BCUT2D eigenvalue weighted by Crippen LogP contribution is -2.13. The van der Waals surface area contributed by atoms with Gasteiger partial charge in [-0.05, 0) is 61.9 Å². The van der Waals surface area contributed by atoms with Crippen LogP contribution in [0.25, 0.3) is 0 Å². The van der Waals surface area contributed by atoms with Crippen molar-refractivity contribution in [1.82, 2.24) is 0 Å². The van der Waals surface area contributed by atoms with E-state index >= 15 is 0 Å². The number of nitrogen functional groups attached to an aromatic ring is 1. The molecule has 0 unspecified atom stereocenters. The quantitative estimate of drug-likeness (QED) is 0.827. The Bertz CT molecular complexity index is 667. The summed E-state index contributed by atoms with van der Waals surface area (Å²) in [5.41, 5.74) is 10.8. The second-order valence-corrected chi connectivity index (χ2v) is 6.48. The van der Waals surface area contributed by atoms with Crippen molar-refractivity contribution in [3.05, 3.63) is 44.6 Å². The molecule has 1 aromatic heterocycles. The van der Waals surface area contributed by atoms with Crippen LogP contribution in [0.2, 0.25) is 0 Å². The highest BCUT2D eigenvalue weighted by molar-refractivity contribution is 7.14. The zero-order valence-electron chi connectivity index (χ0n) is 11.7. The number of nitrogens with one attached hydrogen (secondary N) is 1. The lowest BCUT2D eigenvalue weighted by atomic mass is 10.1. The monoisotopic (exact) mass is 286 g/mol. The van der Waals surface area contributed by atoms with E-state index in [-0.39, 0.29) is 5.91 Å². The Morgan fingerprint density at radius 1 is 1.30 bits per heavy atom. The molecule has 0 bridgehead atoms. The third kappa shape index (κ3) is 2.20. The average molecular weight is 286 g/mol. The molecule has 3 rings (SSSR count). The van der Waals surface area contributed by atoms with Crippen LogP contribution in [0.15, 0.2) is 18.2 Å². The molecule has 3 N–H and O–H groups in total. The SMILES string of the molecule is Cc1ccc(N)c(NC(=O)c2cc3c(s2)CCC3)c1C. The molecule has 104 valence electrons. The summed E-state index contributed by atoms with van der Waals surface area (Å²) in [6, 6.07) is 5.84. The number of fused-ring (bicyclic) bond motifs is 1. The maximum atomic E-state index is 12.4. The Hall–Kier alpha value is -1.81. The number of hydrogen-bond acceptors (Lipinski definition) is 3. The minimum atomic E-state index is -0.0511. The number of carbonyl (C=O) groups is 1. The molecule has 1 aromatic carbocycles. The first-order valence-corrected chi connectivity index (χ1v) is 7.66. The molecule has 0 atom stereocenters. The van der Waals surface area contributed by atoms with Crippen molar-refractivity contribution in [2.24, 2.45) is 0 Å². The van der Waals surface area contributed by atoms with Crippen LogP contribution in [0, 0.1) is 13.8 Å². The predicted molar refractivity (Wildman–Crippen MR) is 84.6 cm³/mol. The number of hydrogen-bond donors (Lipinski definition) is 2. The maximum absolute atomic E-state index is 12.4. The Balaban J connectivity index is 1.87. The number of benzene rings is 1. The number of amides is 1. The predicted octanol–water partition coefficient (Wildman–Crippen LogP) is 3.69. The minimum absolute atomic E-state index is 0.0511. The van der Waals surface area contributed by atoms with Gasteiger partial charge in [-0.3, -0.25) is 4.79 Å². The molecular weight excluding hydrogens is 268 g/mol. The lowest BCUT2D eigenvalue weighted by molar-refractivity contribution is 0.103. The molecule has 0 spiro atoms. The topological polar surface area (TPSA) is 55.1 Å². The van der Waals surface area contributed by atoms with E-state index in [0.717, 1.165) is 34.5 Å². The van der Waals surface area contributed by atoms with Crippen LogP contribution in [-0.4, -0.2) is 5.91 Å². The van der Waals surface area contributed by atoms with Gasteiger partial charge in [-0.2, -0.15) is 0 Å². The molecule has 20 heavy (non-hydrogen) atoms. The van der Waals surface area contributed by atoms with E-state index < -0.39 is 0 Å². The van der Waals surface area contributed by atoms with Crippen molar-refractivity contribution in [3.63, 3.8) is 0 Å². The van der Waals surface area contributed by atoms with E-state index in [4.69, 9.17) is 5.73 Å². The van der Waals surface area contributed by atoms with Crippen molar-refractivity contribution < 1.29 is 4.79 Å². The third-order valence-corrected chi connectivity index (χ3v) is 5.21. The molecule has 1 amide bonds. The minimum Gasteiger partial charge on any atom is -0.397 e. The molecule has 0 saturated heterocycles. The van der Waals surface area contributed by atoms with Gasteiger partial charge in [-0.1, -0.05) is 6.07 Å². The summed E-state index contributed by atoms with van der Waals surface area (Å²) in [4.78, 5) is 14.5. The first kappa shape index (κ1) is 13.2. The number of thiophene rings is 1. The van der Waals surface area contributed by atoms with Crippen molar-refractivity contribution in [2.75, 3.05) is 11.1 Å². The van der Waals surface area contributed by atoms with Crippen LogP contribution in [-0.2, 0) is 12.8 Å². The van der Waals surface area contributed by atoms with Gasteiger partial charge in [0.25, 0.3) is 5.91 Å². The van der Waals surface area contributed by atoms with Gasteiger partial charge >= 0.3 is 0 Å². The largest absolute Gasteiger partial charge is 0.397 e. The molecule has 0 saturated carbocycles. The summed E-state index contributed by atoms with van der Waals surface area (Å²) >= 11 is 1.61. The van der Waals surface area contributed by atoms with Crippen molar-refractivity contribution in [3.8, 4) is 0 Å². The zero-order chi connectivity index (χ0) is 14.3. The Morgan fingerprint density at radius 3 is 2.85 bits per heavy atom. The molecule has 1 aliphatic carbocycles. The average Bonchev–Trinajstić information content (AvgIpc) is 3.00. The van der Waals surface area contributed by atoms with Crippen molar-refractivity contribution in [1.29, 1.82) is 0 Å². The summed E-state index contributed by atoms with van der Waals surface area (Å²) in [7, 11) is 0. The second-order valence-electron chi connectivity index (χ2n) is 5.34. The molecular formula is C16H18N2OS. The standard InChI is InChI=1S/C16H18N2OS/c1-9-6-7-12(17)15(10(9)2)18-16(19)14-8-11-4-3-5-13(11)20-14/h6-8H,3-5,17H2,1-2H3,(H,18,19). The Kier molecular flexibility index (Phi) is 3.26. The van der Waals surface area contributed by atoms with Crippen LogP contribution in [0.3, 0.4) is 0 Å². The van der Waals surface area contributed by atoms with E-state index in [1.54, 1.807) is 11.3 Å². The molecule has 2 aromatic rings. The number of rotatable bonds is 2. The van der Waals surface area contributed by atoms with Gasteiger partial charge in [-0.15, -0.1) is 11.3 Å². The fourth-order valence-electron chi connectivity index (χ4n) is 2.62. The Labute approximate surface area is 122 Å². The van der Waals surface area contributed by atoms with Crippen LogP contribution >= 0.6 is 11.3 Å². The number of anilines is 2. The summed E-state index contributed by atoms with van der Waals surface area (Å²) in [5.74, 6) is -0.0511. The Morgan fingerprint density at radius 2 is 2.10 bits per heavy atom. The summed E-state index contributed by atoms with van der Waals surface area (Å²) in [6.45, 7) is 4.00. The first-order valence-electron chi connectivity index (χ1n) is 6.85. The molecule has 1 aliphatic rings. The number of nitrogens with two attached hydrogens (primary N) is 1. The first-order chi connectivity index (χ1) is 9.56. The van der Waals surface area contributed by atoms with Crippen LogP contribution < -0.4 is 11.1 Å². The van der Waals surface area contributed by atoms with E-state index in [0.29, 0.717) is 5.69 Å². The van der Waals surface area contributed by atoms with Gasteiger partial charge in [0.15, 0.2) is 0 Å². The van der Waals surface area contributed by atoms with Crippen molar-refractivity contribution in [2.45, 2.75) is 33.1 Å². The van der Waals surface area contributed by atoms with Gasteiger partial charge in [0.05, 0.1) is 16.3 Å². The summed E-state index contributed by atoms with van der Waals surface area (Å²) < 4.78 is 0. The fraction of sp³-hybridized carbons (Fsp3) is 0.312. The highest BCUT2D eigenvalue weighted by Crippen LogP contribution is 2.32.